The number of benzene rings is 1. The Balaban J connectivity index is 1.56. The molecule has 0 unspecified atom stereocenters. The third-order valence-corrected chi connectivity index (χ3v) is 5.94. The molecule has 0 bridgehead atoms. The molecular formula is C23H24N4O2. The minimum absolute atomic E-state index is 0.0935. The number of anilines is 1. The molecule has 1 fully saturated rings. The van der Waals surface area contributed by atoms with E-state index in [9.17, 15) is 9.59 Å². The molecule has 1 saturated heterocycles. The number of aryl methyl sites for hydroxylation is 1. The summed E-state index contributed by atoms with van der Waals surface area (Å²) in [5.74, 6) is 0.0960. The van der Waals surface area contributed by atoms with E-state index in [1.165, 1.54) is 5.56 Å². The number of aromatic nitrogens is 2. The predicted octanol–water partition coefficient (Wildman–Crippen LogP) is 3.55. The van der Waals surface area contributed by atoms with Crippen molar-refractivity contribution in [3.8, 4) is 0 Å². The van der Waals surface area contributed by atoms with Gasteiger partial charge in [-0.05, 0) is 55.9 Å². The number of hydrogen-bond acceptors (Lipinski definition) is 3. The van der Waals surface area contributed by atoms with E-state index in [4.69, 9.17) is 0 Å². The van der Waals surface area contributed by atoms with Crippen LogP contribution in [0, 0.1) is 0 Å². The van der Waals surface area contributed by atoms with Crippen LogP contribution in [0.1, 0.15) is 52.4 Å². The highest BCUT2D eigenvalue weighted by molar-refractivity contribution is 6.10. The largest absolute Gasteiger partial charge is 0.336 e. The van der Waals surface area contributed by atoms with Gasteiger partial charge in [-0.2, -0.15) is 0 Å². The van der Waals surface area contributed by atoms with Crippen molar-refractivity contribution < 1.29 is 9.59 Å². The first-order valence-electron chi connectivity index (χ1n) is 10.4. The van der Waals surface area contributed by atoms with Crippen LogP contribution in [-0.2, 0) is 6.42 Å². The van der Waals surface area contributed by atoms with Gasteiger partial charge in [0.2, 0.25) is 5.82 Å². The van der Waals surface area contributed by atoms with Crippen molar-refractivity contribution in [3.63, 3.8) is 0 Å². The van der Waals surface area contributed by atoms with Gasteiger partial charge in [-0.1, -0.05) is 24.3 Å². The number of nitrogens with zero attached hydrogens (tertiary/aromatic N) is 4. The summed E-state index contributed by atoms with van der Waals surface area (Å²) < 4.78 is 1.76. The van der Waals surface area contributed by atoms with Gasteiger partial charge in [-0.15, -0.1) is 0 Å². The Morgan fingerprint density at radius 2 is 1.62 bits per heavy atom. The van der Waals surface area contributed by atoms with E-state index in [2.05, 4.69) is 11.1 Å². The fourth-order valence-corrected chi connectivity index (χ4v) is 4.46. The predicted molar refractivity (Wildman–Crippen MR) is 111 cm³/mol. The zero-order valence-corrected chi connectivity index (χ0v) is 16.4. The molecule has 6 nitrogen and oxygen atoms in total. The maximum atomic E-state index is 13.5. The monoisotopic (exact) mass is 388 g/mol. The summed E-state index contributed by atoms with van der Waals surface area (Å²) in [6, 6.07) is 13.6. The molecule has 1 aromatic carbocycles. The topological polar surface area (TPSA) is 57.9 Å². The zero-order chi connectivity index (χ0) is 19.8. The minimum Gasteiger partial charge on any atom is -0.336 e. The molecule has 148 valence electrons. The number of imidazole rings is 1. The van der Waals surface area contributed by atoms with Gasteiger partial charge in [0, 0.05) is 31.5 Å². The molecule has 0 aliphatic carbocycles. The molecule has 5 rings (SSSR count). The quantitative estimate of drug-likeness (QED) is 0.675. The minimum atomic E-state index is -0.140. The van der Waals surface area contributed by atoms with Crippen LogP contribution in [0.25, 0.3) is 5.52 Å². The lowest BCUT2D eigenvalue weighted by atomic mass is 10.0. The second-order valence-corrected chi connectivity index (χ2v) is 7.78. The Hall–Kier alpha value is -3.15. The molecule has 3 aromatic rings. The zero-order valence-electron chi connectivity index (χ0n) is 16.4. The summed E-state index contributed by atoms with van der Waals surface area (Å²) in [5, 5.41) is 0. The molecule has 2 aromatic heterocycles. The average molecular weight is 388 g/mol. The van der Waals surface area contributed by atoms with Gasteiger partial charge < -0.3 is 9.80 Å². The van der Waals surface area contributed by atoms with Crippen molar-refractivity contribution in [2.75, 3.05) is 24.5 Å². The van der Waals surface area contributed by atoms with Gasteiger partial charge >= 0.3 is 0 Å². The second-order valence-electron chi connectivity index (χ2n) is 7.78. The molecule has 29 heavy (non-hydrogen) atoms. The molecule has 2 aliphatic rings. The lowest BCUT2D eigenvalue weighted by molar-refractivity contribution is 0.0711. The van der Waals surface area contributed by atoms with Gasteiger partial charge in [0.25, 0.3) is 11.8 Å². The molecular weight excluding hydrogens is 364 g/mol. The maximum absolute atomic E-state index is 13.5. The number of pyridine rings is 1. The summed E-state index contributed by atoms with van der Waals surface area (Å²) >= 11 is 0. The molecule has 2 amide bonds. The number of para-hydroxylation sites is 1. The Morgan fingerprint density at radius 1 is 0.828 bits per heavy atom. The van der Waals surface area contributed by atoms with Gasteiger partial charge in [0.15, 0.2) is 5.69 Å². The molecule has 0 N–H and O–H groups in total. The fourth-order valence-electron chi connectivity index (χ4n) is 4.46. The average Bonchev–Trinajstić information content (AvgIpc) is 3.18. The van der Waals surface area contributed by atoms with Crippen molar-refractivity contribution in [2.45, 2.75) is 32.1 Å². The normalized spacial score (nSPS) is 16.7. The lowest BCUT2D eigenvalue weighted by Gasteiger charge is -2.29. The first kappa shape index (κ1) is 17.9. The summed E-state index contributed by atoms with van der Waals surface area (Å²) in [7, 11) is 0. The Labute approximate surface area is 169 Å². The maximum Gasteiger partial charge on any atom is 0.290 e. The molecule has 6 heteroatoms. The SMILES string of the molecule is O=C(c1nc(C(=O)N2CCCc3ccccc32)c2ccccn12)N1CCCCC1. The van der Waals surface area contributed by atoms with E-state index in [1.54, 1.807) is 4.40 Å². The smallest absolute Gasteiger partial charge is 0.290 e. The van der Waals surface area contributed by atoms with Gasteiger partial charge in [0.05, 0.1) is 5.52 Å². The summed E-state index contributed by atoms with van der Waals surface area (Å²) in [4.78, 5) is 34.9. The Morgan fingerprint density at radius 3 is 2.48 bits per heavy atom. The van der Waals surface area contributed by atoms with Crippen LogP contribution in [0.2, 0.25) is 0 Å². The number of carbonyl (C=O) groups excluding carboxylic acids is 2. The third kappa shape index (κ3) is 3.09. The number of fused-ring (bicyclic) bond motifs is 2. The first-order chi connectivity index (χ1) is 14.2. The van der Waals surface area contributed by atoms with Crippen molar-refractivity contribution in [3.05, 3.63) is 65.7 Å². The van der Waals surface area contributed by atoms with Crippen LogP contribution in [0.3, 0.4) is 0 Å². The summed E-state index contributed by atoms with van der Waals surface area (Å²) in [5.41, 5.74) is 3.16. The van der Waals surface area contributed by atoms with E-state index in [-0.39, 0.29) is 11.8 Å². The van der Waals surface area contributed by atoms with E-state index in [0.29, 0.717) is 23.6 Å². The van der Waals surface area contributed by atoms with Crippen molar-refractivity contribution >= 4 is 23.0 Å². The van der Waals surface area contributed by atoms with Gasteiger partial charge in [-0.3, -0.25) is 14.0 Å². The molecule has 4 heterocycles. The highest BCUT2D eigenvalue weighted by atomic mass is 16.2. The highest BCUT2D eigenvalue weighted by Crippen LogP contribution is 2.29. The first-order valence-corrected chi connectivity index (χ1v) is 10.4. The number of amides is 2. The van der Waals surface area contributed by atoms with E-state index in [0.717, 1.165) is 50.9 Å². The van der Waals surface area contributed by atoms with Crippen molar-refractivity contribution in [1.29, 1.82) is 0 Å². The van der Waals surface area contributed by atoms with Crippen LogP contribution in [-0.4, -0.2) is 45.7 Å². The highest BCUT2D eigenvalue weighted by Gasteiger charge is 2.30. The third-order valence-electron chi connectivity index (χ3n) is 5.94. The van der Waals surface area contributed by atoms with E-state index in [1.807, 2.05) is 52.4 Å². The second kappa shape index (κ2) is 7.35. The standard InChI is InChI=1S/C23H24N4O2/c28-22(27-16-8-10-17-9-2-3-11-18(17)27)20-19-12-4-7-15-26(19)21(24-20)23(29)25-13-5-1-6-14-25/h2-4,7,9,11-12,15H,1,5-6,8,10,13-14,16H2. The Bertz CT molecular complexity index is 1080. The number of hydrogen-bond donors (Lipinski definition) is 0. The van der Waals surface area contributed by atoms with Gasteiger partial charge in [0.1, 0.15) is 0 Å². The number of piperidine rings is 1. The van der Waals surface area contributed by atoms with Crippen molar-refractivity contribution in [1.82, 2.24) is 14.3 Å². The van der Waals surface area contributed by atoms with E-state index < -0.39 is 0 Å². The summed E-state index contributed by atoms with van der Waals surface area (Å²) in [6.45, 7) is 2.17. The fraction of sp³-hybridized carbons (Fsp3) is 0.348. The van der Waals surface area contributed by atoms with Gasteiger partial charge in [-0.25, -0.2) is 4.98 Å². The van der Waals surface area contributed by atoms with E-state index >= 15 is 0 Å². The molecule has 0 spiro atoms. The summed E-state index contributed by atoms with van der Waals surface area (Å²) in [6.07, 6.45) is 6.91. The number of likely N-dealkylation sites (tertiary alicyclic amines) is 1. The lowest BCUT2D eigenvalue weighted by Crippen LogP contribution is -2.37. The molecule has 0 saturated carbocycles. The van der Waals surface area contributed by atoms with Crippen LogP contribution in [0.4, 0.5) is 5.69 Å². The number of rotatable bonds is 2. The molecule has 0 radical (unpaired) electrons. The Kier molecular flexibility index (Phi) is 4.54. The molecule has 0 atom stereocenters. The van der Waals surface area contributed by atoms with Crippen LogP contribution in [0.15, 0.2) is 48.7 Å². The van der Waals surface area contributed by atoms with Crippen LogP contribution >= 0.6 is 0 Å². The van der Waals surface area contributed by atoms with Crippen LogP contribution in [0.5, 0.6) is 0 Å². The molecule has 2 aliphatic heterocycles. The number of carbonyl (C=O) groups is 2. The van der Waals surface area contributed by atoms with Crippen LogP contribution < -0.4 is 4.90 Å². The van der Waals surface area contributed by atoms with Crippen molar-refractivity contribution in [2.24, 2.45) is 0 Å².